The van der Waals surface area contributed by atoms with Crippen molar-refractivity contribution in [2.24, 2.45) is 87.8 Å². The molecule has 70 heavy (non-hydrogen) atoms. The summed E-state index contributed by atoms with van der Waals surface area (Å²) < 4.78 is 0. The summed E-state index contributed by atoms with van der Waals surface area (Å²) in [6.45, 7) is 52.9. The molecule has 7 saturated carbocycles. The molecule has 0 saturated heterocycles. The predicted octanol–water partition coefficient (Wildman–Crippen LogP) is 25.9. The minimum absolute atomic E-state index is 0.500. The summed E-state index contributed by atoms with van der Waals surface area (Å²) in [5.74, 6) is 12.9. The van der Waals surface area contributed by atoms with Gasteiger partial charge in [0.2, 0.25) is 0 Å². The van der Waals surface area contributed by atoms with Crippen molar-refractivity contribution >= 4 is 0 Å². The van der Waals surface area contributed by atoms with Gasteiger partial charge in [0.05, 0.1) is 0 Å². The highest BCUT2D eigenvalue weighted by Crippen LogP contribution is 2.36. The van der Waals surface area contributed by atoms with Crippen LogP contribution in [0.4, 0.5) is 0 Å². The van der Waals surface area contributed by atoms with Gasteiger partial charge >= 0.3 is 0 Å². The number of hydrogen-bond donors (Lipinski definition) is 0. The molecule has 7 aliphatic carbocycles. The molecule has 6 atom stereocenters. The van der Waals surface area contributed by atoms with Crippen LogP contribution in [0.15, 0.2) is 0 Å². The fraction of sp³-hybridized carbons (Fsp3) is 1.00. The van der Waals surface area contributed by atoms with Crippen LogP contribution in [0.5, 0.6) is 0 Å². The summed E-state index contributed by atoms with van der Waals surface area (Å²) >= 11 is 0. The van der Waals surface area contributed by atoms with E-state index in [9.17, 15) is 0 Å². The normalized spacial score (nSPS) is 24.8. The molecule has 0 amide bonds. The summed E-state index contributed by atoms with van der Waals surface area (Å²) in [5.41, 5.74) is 1.19. The Kier molecular flexibility index (Phi) is 49.1. The maximum absolute atomic E-state index is 2.36. The van der Waals surface area contributed by atoms with E-state index in [1.807, 2.05) is 0 Å². The SMILES string of the molecule is CC(C)C(C)(C)C.CC(C)C1CCC1.CC1(C)CCCC1.CC1CCCCC1.CC1CCC[C@H]1C.CC1CC[C@@H](C)C1.CCC(C)C(C)C.CCC1CCCC1.CCCC(C)CC.CCCC1CCC1. The molecule has 7 rings (SSSR count). The van der Waals surface area contributed by atoms with Crippen LogP contribution in [0.25, 0.3) is 0 Å². The standard InChI is InChI=1S/7C7H14.3C7H16/c1-6-3-4-7(2)5-6;1-7(2)5-3-4-6-7;1-6-4-3-5-7(6)2;1-6(2)7-4-3-5-7;1-7-5-3-2-4-6-7;1-2-7-5-3-4-6-7;1-2-4-7-5-3-6-7;1-6(2)7(3,4)5;1-5-7(4)6(2)3;1-4-6-7(3)5-2/h6-7H,3-5H2,1-2H3;3-6H2,1-2H3;2*6-7H,3-5H2,1-2H3;3*7H,2-6H2,1H3;6H,1-5H3;6-7H,5H2,1-4H3;7H,4-6H2,1-3H3/t6-,7?;;6-,7?;;;;;;;/m1.1......./s1. The Balaban J connectivity index is -0.000000713. The second-order valence-corrected chi connectivity index (χ2v) is 28.6. The molecule has 4 unspecified atom stereocenters. The largest absolute Gasteiger partial charge is 0.0654 e. The third kappa shape index (κ3) is 46.5. The molecule has 0 radical (unpaired) electrons. The summed E-state index contributed by atoms with van der Waals surface area (Å²) in [7, 11) is 0. The molecule has 0 nitrogen and oxygen atoms in total. The average molecular weight is 988 g/mol. The molecular formula is C70H146. The van der Waals surface area contributed by atoms with Gasteiger partial charge in [-0.05, 0) is 107 Å². The van der Waals surface area contributed by atoms with Gasteiger partial charge in [0, 0.05) is 0 Å². The van der Waals surface area contributed by atoms with Crippen molar-refractivity contribution < 1.29 is 0 Å². The molecule has 0 heteroatoms. The van der Waals surface area contributed by atoms with Crippen molar-refractivity contribution in [2.75, 3.05) is 0 Å². The minimum atomic E-state index is 0.500. The zero-order valence-electron chi connectivity index (χ0n) is 54.1. The van der Waals surface area contributed by atoms with Crippen LogP contribution in [-0.2, 0) is 0 Å². The van der Waals surface area contributed by atoms with Gasteiger partial charge in [-0.25, -0.2) is 0 Å². The number of rotatable bonds is 9. The van der Waals surface area contributed by atoms with Gasteiger partial charge in [0.25, 0.3) is 0 Å². The Morgan fingerprint density at radius 3 is 1.01 bits per heavy atom. The third-order valence-electron chi connectivity index (χ3n) is 19.2. The lowest BCUT2D eigenvalue weighted by Gasteiger charge is -2.28. The van der Waals surface area contributed by atoms with Gasteiger partial charge in [-0.2, -0.15) is 0 Å². The molecule has 7 fully saturated rings. The first-order valence-electron chi connectivity index (χ1n) is 32.8. The Morgan fingerprint density at radius 2 is 0.886 bits per heavy atom. The van der Waals surface area contributed by atoms with Gasteiger partial charge in [-0.3, -0.25) is 0 Å². The summed E-state index contributed by atoms with van der Waals surface area (Å²) in [4.78, 5) is 0. The van der Waals surface area contributed by atoms with Gasteiger partial charge in [-0.15, -0.1) is 0 Å². The molecule has 0 N–H and O–H groups in total. The highest BCUT2D eigenvalue weighted by molar-refractivity contribution is 4.75. The molecule has 0 aromatic rings. The lowest BCUT2D eigenvalue weighted by Crippen LogP contribution is -2.16. The van der Waals surface area contributed by atoms with Crippen molar-refractivity contribution in [1.82, 2.24) is 0 Å². The predicted molar refractivity (Wildman–Crippen MR) is 328 cm³/mol. The van der Waals surface area contributed by atoms with E-state index in [1.54, 1.807) is 0 Å². The van der Waals surface area contributed by atoms with E-state index in [-0.39, 0.29) is 0 Å². The first-order chi connectivity index (χ1) is 32.8. The molecule has 0 aromatic carbocycles. The van der Waals surface area contributed by atoms with Crippen molar-refractivity contribution in [3.05, 3.63) is 0 Å². The van der Waals surface area contributed by atoms with E-state index in [0.717, 1.165) is 76.9 Å². The quantitative estimate of drug-likeness (QED) is 0.216. The minimum Gasteiger partial charge on any atom is -0.0654 e. The molecule has 0 heterocycles. The van der Waals surface area contributed by atoms with Gasteiger partial charge < -0.3 is 0 Å². The fourth-order valence-electron chi connectivity index (χ4n) is 10.3. The van der Waals surface area contributed by atoms with E-state index in [4.69, 9.17) is 0 Å². The van der Waals surface area contributed by atoms with Crippen molar-refractivity contribution in [3.8, 4) is 0 Å². The Labute approximate surface area is 450 Å². The van der Waals surface area contributed by atoms with Crippen LogP contribution in [0.2, 0.25) is 0 Å². The second-order valence-electron chi connectivity index (χ2n) is 28.6. The van der Waals surface area contributed by atoms with Gasteiger partial charge in [0.1, 0.15) is 0 Å². The van der Waals surface area contributed by atoms with Crippen molar-refractivity contribution in [1.29, 1.82) is 0 Å². The molecule has 0 aromatic heterocycles. The first kappa shape index (κ1) is 74.2. The maximum atomic E-state index is 2.36. The van der Waals surface area contributed by atoms with Gasteiger partial charge in [-0.1, -0.05) is 345 Å². The van der Waals surface area contributed by atoms with Crippen molar-refractivity contribution in [3.63, 3.8) is 0 Å². The average Bonchev–Trinajstić information content (AvgIpc) is 4.11. The van der Waals surface area contributed by atoms with Crippen LogP contribution in [0, 0.1) is 87.8 Å². The molecule has 7 aliphatic rings. The summed E-state index contributed by atoms with van der Waals surface area (Å²) in [6.07, 6.45) is 46.9. The zero-order valence-corrected chi connectivity index (χ0v) is 54.1. The molecule has 0 aliphatic heterocycles. The summed E-state index contributed by atoms with van der Waals surface area (Å²) in [6, 6.07) is 0. The van der Waals surface area contributed by atoms with E-state index >= 15 is 0 Å². The van der Waals surface area contributed by atoms with Crippen LogP contribution in [-0.4, -0.2) is 0 Å². The van der Waals surface area contributed by atoms with Crippen LogP contribution >= 0.6 is 0 Å². The van der Waals surface area contributed by atoms with Crippen LogP contribution < -0.4 is 0 Å². The smallest absolute Gasteiger partial charge is 0.0354 e. The zero-order chi connectivity index (χ0) is 54.1. The molecule has 426 valence electrons. The summed E-state index contributed by atoms with van der Waals surface area (Å²) in [5, 5.41) is 0. The Bertz CT molecular complexity index is 966. The Morgan fingerprint density at radius 1 is 0.457 bits per heavy atom. The lowest BCUT2D eigenvalue weighted by molar-refractivity contribution is 0.235. The molecular weight excluding hydrogens is 841 g/mol. The first-order valence-corrected chi connectivity index (χ1v) is 32.8. The monoisotopic (exact) mass is 987 g/mol. The van der Waals surface area contributed by atoms with E-state index in [1.165, 1.54) is 205 Å². The van der Waals surface area contributed by atoms with Crippen LogP contribution in [0.3, 0.4) is 0 Å². The van der Waals surface area contributed by atoms with Crippen molar-refractivity contribution in [2.45, 2.75) is 365 Å². The van der Waals surface area contributed by atoms with E-state index in [2.05, 4.69) is 159 Å². The maximum Gasteiger partial charge on any atom is -0.0354 e. The highest BCUT2D eigenvalue weighted by atomic mass is 14.3. The lowest BCUT2D eigenvalue weighted by atomic mass is 9.78. The van der Waals surface area contributed by atoms with Gasteiger partial charge in [0.15, 0.2) is 0 Å². The molecule has 0 spiro atoms. The van der Waals surface area contributed by atoms with E-state index in [0.29, 0.717) is 10.8 Å². The number of hydrogen-bond acceptors (Lipinski definition) is 0. The Hall–Kier alpha value is 0. The van der Waals surface area contributed by atoms with Crippen LogP contribution in [0.1, 0.15) is 365 Å². The second kappa shape index (κ2) is 46.3. The topological polar surface area (TPSA) is 0 Å². The molecule has 0 bridgehead atoms. The van der Waals surface area contributed by atoms with E-state index < -0.39 is 0 Å². The third-order valence-corrected chi connectivity index (χ3v) is 19.2. The highest BCUT2D eigenvalue weighted by Gasteiger charge is 2.22. The fourth-order valence-corrected chi connectivity index (χ4v) is 10.3.